The van der Waals surface area contributed by atoms with E-state index < -0.39 is 0 Å². The molecule has 0 unspecified atom stereocenters. The van der Waals surface area contributed by atoms with Gasteiger partial charge in [-0.05, 0) is 48.7 Å². The number of carbonyl (C=O) groups is 1. The maximum absolute atomic E-state index is 12.8. The van der Waals surface area contributed by atoms with Crippen molar-refractivity contribution in [2.45, 2.75) is 20.3 Å². The Morgan fingerprint density at radius 3 is 2.41 bits per heavy atom. The van der Waals surface area contributed by atoms with E-state index in [1.54, 1.807) is 12.3 Å². The molecule has 2 rings (SSSR count). The van der Waals surface area contributed by atoms with Crippen LogP contribution in [-0.4, -0.2) is 17.4 Å². The topological polar surface area (TPSA) is 54.0 Å². The predicted octanol–water partition coefficient (Wildman–Crippen LogP) is 3.93. The quantitative estimate of drug-likeness (QED) is 0.850. The van der Waals surface area contributed by atoms with Gasteiger partial charge in [-0.3, -0.25) is 4.79 Å². The third kappa shape index (κ3) is 4.84. The summed E-state index contributed by atoms with van der Waals surface area (Å²) in [6, 6.07) is 9.10. The Bertz CT molecular complexity index is 609. The van der Waals surface area contributed by atoms with E-state index in [4.69, 9.17) is 0 Å². The third-order valence-electron chi connectivity index (χ3n) is 3.15. The van der Waals surface area contributed by atoms with Crippen LogP contribution in [0.15, 0.2) is 42.6 Å². The predicted molar refractivity (Wildman–Crippen MR) is 86.5 cm³/mol. The molecule has 1 heterocycles. The van der Waals surface area contributed by atoms with E-state index in [0.717, 1.165) is 18.7 Å². The lowest BCUT2D eigenvalue weighted by atomic mass is 10.1. The summed E-state index contributed by atoms with van der Waals surface area (Å²) in [7, 11) is 0. The molecule has 116 valence electrons. The molecule has 4 nitrogen and oxygen atoms in total. The van der Waals surface area contributed by atoms with E-state index in [-0.39, 0.29) is 11.7 Å². The number of halogens is 1. The maximum atomic E-state index is 12.8. The molecule has 0 bridgehead atoms. The first-order chi connectivity index (χ1) is 10.5. The number of rotatable bonds is 6. The summed E-state index contributed by atoms with van der Waals surface area (Å²) in [6.45, 7) is 5.21. The summed E-state index contributed by atoms with van der Waals surface area (Å²) in [5.41, 5.74) is 1.74. The lowest BCUT2D eigenvalue weighted by Gasteiger charge is -2.09. The second kappa shape index (κ2) is 7.54. The van der Waals surface area contributed by atoms with E-state index in [9.17, 15) is 9.18 Å². The van der Waals surface area contributed by atoms with Gasteiger partial charge in [0.25, 0.3) is 5.91 Å². The fraction of sp³-hybridized carbons (Fsp3) is 0.294. The summed E-state index contributed by atoms with van der Waals surface area (Å²) in [4.78, 5) is 16.2. The Labute approximate surface area is 129 Å². The number of hydrogen-bond donors (Lipinski definition) is 2. The SMILES string of the molecule is CC(C)CCNc1ccc(C(=O)Nc2ccc(F)cc2)nc1. The van der Waals surface area contributed by atoms with E-state index in [1.807, 2.05) is 6.07 Å². The van der Waals surface area contributed by atoms with Crippen molar-refractivity contribution in [3.63, 3.8) is 0 Å². The Morgan fingerprint density at radius 1 is 1.14 bits per heavy atom. The largest absolute Gasteiger partial charge is 0.384 e. The minimum Gasteiger partial charge on any atom is -0.384 e. The fourth-order valence-electron chi connectivity index (χ4n) is 1.87. The number of amides is 1. The molecular weight excluding hydrogens is 281 g/mol. The number of carbonyl (C=O) groups excluding carboxylic acids is 1. The van der Waals surface area contributed by atoms with Gasteiger partial charge < -0.3 is 10.6 Å². The van der Waals surface area contributed by atoms with Gasteiger partial charge in [0.05, 0.1) is 11.9 Å². The minimum absolute atomic E-state index is 0.318. The van der Waals surface area contributed by atoms with Gasteiger partial charge in [0.2, 0.25) is 0 Å². The van der Waals surface area contributed by atoms with Gasteiger partial charge >= 0.3 is 0 Å². The van der Waals surface area contributed by atoms with E-state index in [2.05, 4.69) is 29.5 Å². The molecule has 1 aromatic heterocycles. The highest BCUT2D eigenvalue weighted by atomic mass is 19.1. The molecule has 0 radical (unpaired) electrons. The van der Waals surface area contributed by atoms with Crippen LogP contribution in [0, 0.1) is 11.7 Å². The number of hydrogen-bond acceptors (Lipinski definition) is 3. The van der Waals surface area contributed by atoms with Gasteiger partial charge in [0, 0.05) is 12.2 Å². The van der Waals surface area contributed by atoms with Crippen molar-refractivity contribution in [3.05, 3.63) is 54.1 Å². The first-order valence-corrected chi connectivity index (χ1v) is 7.31. The van der Waals surface area contributed by atoms with Crippen molar-refractivity contribution in [2.24, 2.45) is 5.92 Å². The van der Waals surface area contributed by atoms with Crippen LogP contribution in [0.1, 0.15) is 30.8 Å². The molecule has 0 spiro atoms. The van der Waals surface area contributed by atoms with Crippen molar-refractivity contribution in [1.29, 1.82) is 0 Å². The molecule has 0 saturated heterocycles. The van der Waals surface area contributed by atoms with Crippen LogP contribution in [0.5, 0.6) is 0 Å². The highest BCUT2D eigenvalue weighted by Gasteiger charge is 2.07. The molecule has 0 aliphatic rings. The minimum atomic E-state index is -0.340. The normalized spacial score (nSPS) is 10.5. The first kappa shape index (κ1) is 15.9. The molecule has 1 amide bonds. The number of benzene rings is 1. The lowest BCUT2D eigenvalue weighted by Crippen LogP contribution is -2.14. The van der Waals surface area contributed by atoms with Crippen molar-refractivity contribution in [1.82, 2.24) is 4.98 Å². The van der Waals surface area contributed by atoms with Crippen LogP contribution < -0.4 is 10.6 Å². The van der Waals surface area contributed by atoms with Crippen molar-refractivity contribution in [2.75, 3.05) is 17.2 Å². The Hall–Kier alpha value is -2.43. The lowest BCUT2D eigenvalue weighted by molar-refractivity contribution is 0.102. The van der Waals surface area contributed by atoms with Gasteiger partial charge in [-0.2, -0.15) is 0 Å². The van der Waals surface area contributed by atoms with Gasteiger partial charge in [0.1, 0.15) is 11.5 Å². The fourth-order valence-corrected chi connectivity index (χ4v) is 1.87. The number of aromatic nitrogens is 1. The number of pyridine rings is 1. The Kier molecular flexibility index (Phi) is 5.47. The van der Waals surface area contributed by atoms with Crippen molar-refractivity contribution in [3.8, 4) is 0 Å². The molecule has 2 N–H and O–H groups in total. The highest BCUT2D eigenvalue weighted by Crippen LogP contribution is 2.11. The monoisotopic (exact) mass is 301 g/mol. The molecule has 0 fully saturated rings. The van der Waals surface area contributed by atoms with Crippen molar-refractivity contribution < 1.29 is 9.18 Å². The molecule has 22 heavy (non-hydrogen) atoms. The zero-order valence-corrected chi connectivity index (χ0v) is 12.8. The van der Waals surface area contributed by atoms with Crippen LogP contribution in [0.4, 0.5) is 15.8 Å². The highest BCUT2D eigenvalue weighted by molar-refractivity contribution is 6.02. The number of anilines is 2. The molecular formula is C17H20FN3O. The first-order valence-electron chi connectivity index (χ1n) is 7.31. The summed E-state index contributed by atoms with van der Waals surface area (Å²) in [5, 5.41) is 5.94. The van der Waals surface area contributed by atoms with E-state index in [0.29, 0.717) is 17.3 Å². The standard InChI is InChI=1S/C17H20FN3O/c1-12(2)9-10-19-15-7-8-16(20-11-15)17(22)21-14-5-3-13(18)4-6-14/h3-8,11-12,19H,9-10H2,1-2H3,(H,21,22). The number of nitrogens with one attached hydrogen (secondary N) is 2. The molecule has 0 saturated carbocycles. The van der Waals surface area contributed by atoms with Gasteiger partial charge in [-0.15, -0.1) is 0 Å². The van der Waals surface area contributed by atoms with Crippen LogP contribution in [-0.2, 0) is 0 Å². The Balaban J connectivity index is 1.91. The third-order valence-corrected chi connectivity index (χ3v) is 3.15. The zero-order valence-electron chi connectivity index (χ0n) is 12.8. The average molecular weight is 301 g/mol. The van der Waals surface area contributed by atoms with Crippen molar-refractivity contribution >= 4 is 17.3 Å². The van der Waals surface area contributed by atoms with Gasteiger partial charge in [-0.1, -0.05) is 13.8 Å². The molecule has 5 heteroatoms. The van der Waals surface area contributed by atoms with Crippen LogP contribution >= 0.6 is 0 Å². The second-order valence-corrected chi connectivity index (χ2v) is 5.50. The Morgan fingerprint density at radius 2 is 1.82 bits per heavy atom. The zero-order chi connectivity index (χ0) is 15.9. The summed E-state index contributed by atoms with van der Waals surface area (Å²) < 4.78 is 12.8. The van der Waals surface area contributed by atoms with E-state index >= 15 is 0 Å². The van der Waals surface area contributed by atoms with Crippen LogP contribution in [0.2, 0.25) is 0 Å². The smallest absolute Gasteiger partial charge is 0.274 e. The maximum Gasteiger partial charge on any atom is 0.274 e. The molecule has 0 aliphatic heterocycles. The average Bonchev–Trinajstić information content (AvgIpc) is 2.50. The molecule has 0 atom stereocenters. The van der Waals surface area contributed by atoms with Gasteiger partial charge in [0.15, 0.2) is 0 Å². The summed E-state index contributed by atoms with van der Waals surface area (Å²) in [5.74, 6) is -0.0190. The summed E-state index contributed by atoms with van der Waals surface area (Å²) >= 11 is 0. The summed E-state index contributed by atoms with van der Waals surface area (Å²) in [6.07, 6.45) is 2.71. The molecule has 1 aromatic carbocycles. The van der Waals surface area contributed by atoms with Crippen LogP contribution in [0.3, 0.4) is 0 Å². The molecule has 2 aromatic rings. The van der Waals surface area contributed by atoms with Gasteiger partial charge in [-0.25, -0.2) is 9.37 Å². The van der Waals surface area contributed by atoms with E-state index in [1.165, 1.54) is 24.3 Å². The molecule has 0 aliphatic carbocycles. The number of nitrogens with zero attached hydrogens (tertiary/aromatic N) is 1. The van der Waals surface area contributed by atoms with Crippen LogP contribution in [0.25, 0.3) is 0 Å². The second-order valence-electron chi connectivity index (χ2n) is 5.50.